The summed E-state index contributed by atoms with van der Waals surface area (Å²) in [5.41, 5.74) is 1.85. The molecule has 2 aromatic heterocycles. The topological polar surface area (TPSA) is 74.7 Å². The van der Waals surface area contributed by atoms with Crippen molar-refractivity contribution in [3.05, 3.63) is 42.0 Å². The van der Waals surface area contributed by atoms with E-state index in [1.165, 1.54) is 6.26 Å². The molecule has 15 heavy (non-hydrogen) atoms. The van der Waals surface area contributed by atoms with Crippen molar-refractivity contribution in [3.8, 4) is 6.07 Å². The van der Waals surface area contributed by atoms with Gasteiger partial charge in [0.25, 0.3) is 0 Å². The van der Waals surface area contributed by atoms with Crippen molar-refractivity contribution in [2.75, 3.05) is 5.32 Å². The standard InChI is InChI=1S/C10H8N4O/c11-6-10-9(2-1-4-12-10)13-7-8-3-5-15-14-8/h1-5,13H,7H2. The first kappa shape index (κ1) is 9.21. The third kappa shape index (κ3) is 2.11. The molecule has 0 fully saturated rings. The summed E-state index contributed by atoms with van der Waals surface area (Å²) in [7, 11) is 0. The molecule has 0 saturated heterocycles. The molecule has 5 nitrogen and oxygen atoms in total. The smallest absolute Gasteiger partial charge is 0.163 e. The molecule has 0 radical (unpaired) electrons. The van der Waals surface area contributed by atoms with Crippen LogP contribution in [0, 0.1) is 11.3 Å². The minimum Gasteiger partial charge on any atom is -0.377 e. The zero-order chi connectivity index (χ0) is 10.5. The highest BCUT2D eigenvalue weighted by atomic mass is 16.5. The lowest BCUT2D eigenvalue weighted by atomic mass is 10.3. The van der Waals surface area contributed by atoms with Crippen LogP contribution in [0.1, 0.15) is 11.4 Å². The van der Waals surface area contributed by atoms with Gasteiger partial charge in [0.15, 0.2) is 5.69 Å². The van der Waals surface area contributed by atoms with Gasteiger partial charge in [-0.15, -0.1) is 0 Å². The zero-order valence-electron chi connectivity index (χ0n) is 7.84. The van der Waals surface area contributed by atoms with Crippen LogP contribution in [0.2, 0.25) is 0 Å². The van der Waals surface area contributed by atoms with Crippen LogP contribution in [0.3, 0.4) is 0 Å². The molecule has 2 rings (SSSR count). The molecule has 0 aliphatic carbocycles. The Hall–Kier alpha value is -2.35. The number of nitriles is 1. The van der Waals surface area contributed by atoms with E-state index >= 15 is 0 Å². The second-order valence-electron chi connectivity index (χ2n) is 2.86. The van der Waals surface area contributed by atoms with Gasteiger partial charge in [-0.2, -0.15) is 5.26 Å². The summed E-state index contributed by atoms with van der Waals surface area (Å²) < 4.78 is 4.69. The first-order chi connectivity index (χ1) is 7.40. The van der Waals surface area contributed by atoms with Crippen LogP contribution >= 0.6 is 0 Å². The molecular weight excluding hydrogens is 192 g/mol. The van der Waals surface area contributed by atoms with E-state index in [4.69, 9.17) is 5.26 Å². The normalized spacial score (nSPS) is 9.53. The number of pyridine rings is 1. The quantitative estimate of drug-likeness (QED) is 0.813. The van der Waals surface area contributed by atoms with E-state index in [9.17, 15) is 0 Å². The monoisotopic (exact) mass is 200 g/mol. The summed E-state index contributed by atoms with van der Waals surface area (Å²) in [4.78, 5) is 3.93. The third-order valence-electron chi connectivity index (χ3n) is 1.86. The molecule has 2 aromatic rings. The van der Waals surface area contributed by atoms with Crippen molar-refractivity contribution in [1.29, 1.82) is 5.26 Å². The number of anilines is 1. The first-order valence-electron chi connectivity index (χ1n) is 4.38. The van der Waals surface area contributed by atoms with E-state index < -0.39 is 0 Å². The maximum atomic E-state index is 8.79. The Labute approximate surface area is 86.3 Å². The number of rotatable bonds is 3. The number of hydrogen-bond acceptors (Lipinski definition) is 5. The lowest BCUT2D eigenvalue weighted by Gasteiger charge is -2.04. The van der Waals surface area contributed by atoms with Crippen LogP contribution in [-0.4, -0.2) is 10.1 Å². The summed E-state index contributed by atoms with van der Waals surface area (Å²) in [6.45, 7) is 0.511. The molecule has 1 N–H and O–H groups in total. The lowest BCUT2D eigenvalue weighted by molar-refractivity contribution is 0.412. The Morgan fingerprint density at radius 3 is 3.13 bits per heavy atom. The van der Waals surface area contributed by atoms with Gasteiger partial charge in [-0.3, -0.25) is 0 Å². The fraction of sp³-hybridized carbons (Fsp3) is 0.100. The zero-order valence-corrected chi connectivity index (χ0v) is 7.84. The molecule has 0 spiro atoms. The highest BCUT2D eigenvalue weighted by Crippen LogP contribution is 2.11. The van der Waals surface area contributed by atoms with E-state index in [1.54, 1.807) is 24.4 Å². The van der Waals surface area contributed by atoms with E-state index in [0.29, 0.717) is 17.9 Å². The third-order valence-corrected chi connectivity index (χ3v) is 1.86. The Kier molecular flexibility index (Phi) is 2.61. The van der Waals surface area contributed by atoms with Crippen LogP contribution < -0.4 is 5.32 Å². The number of hydrogen-bond donors (Lipinski definition) is 1. The van der Waals surface area contributed by atoms with Gasteiger partial charge in [-0.05, 0) is 12.1 Å². The second-order valence-corrected chi connectivity index (χ2v) is 2.86. The SMILES string of the molecule is N#Cc1ncccc1NCc1ccon1. The Bertz CT molecular complexity index is 472. The van der Waals surface area contributed by atoms with E-state index in [0.717, 1.165) is 5.69 Å². The molecule has 0 unspecified atom stereocenters. The first-order valence-corrected chi connectivity index (χ1v) is 4.38. The minimum absolute atomic E-state index is 0.376. The van der Waals surface area contributed by atoms with E-state index in [-0.39, 0.29) is 0 Å². The minimum atomic E-state index is 0.376. The lowest BCUT2D eigenvalue weighted by Crippen LogP contribution is -2.02. The maximum absolute atomic E-state index is 8.79. The van der Waals surface area contributed by atoms with Crippen molar-refractivity contribution in [2.45, 2.75) is 6.54 Å². The van der Waals surface area contributed by atoms with Gasteiger partial charge in [-0.25, -0.2) is 4.98 Å². The molecule has 0 aromatic carbocycles. The highest BCUT2D eigenvalue weighted by Gasteiger charge is 2.02. The van der Waals surface area contributed by atoms with Crippen LogP contribution in [0.25, 0.3) is 0 Å². The van der Waals surface area contributed by atoms with Crippen LogP contribution in [0.5, 0.6) is 0 Å². The van der Waals surface area contributed by atoms with Crippen LogP contribution in [-0.2, 0) is 6.54 Å². The summed E-state index contributed by atoms with van der Waals surface area (Å²) >= 11 is 0. The molecule has 0 saturated carbocycles. The van der Waals surface area contributed by atoms with Gasteiger partial charge in [0.05, 0.1) is 12.2 Å². The second kappa shape index (κ2) is 4.24. The van der Waals surface area contributed by atoms with Gasteiger partial charge in [0, 0.05) is 12.3 Å². The largest absolute Gasteiger partial charge is 0.377 e. The molecule has 0 aliphatic heterocycles. The van der Waals surface area contributed by atoms with Crippen molar-refractivity contribution in [3.63, 3.8) is 0 Å². The van der Waals surface area contributed by atoms with Crippen LogP contribution in [0.4, 0.5) is 5.69 Å². The maximum Gasteiger partial charge on any atom is 0.163 e. The van der Waals surface area contributed by atoms with Gasteiger partial charge < -0.3 is 9.84 Å². The van der Waals surface area contributed by atoms with Crippen molar-refractivity contribution in [2.24, 2.45) is 0 Å². The highest BCUT2D eigenvalue weighted by molar-refractivity contribution is 5.53. The fourth-order valence-electron chi connectivity index (χ4n) is 1.15. The predicted molar refractivity (Wildman–Crippen MR) is 52.8 cm³/mol. The Morgan fingerprint density at radius 2 is 2.40 bits per heavy atom. The van der Waals surface area contributed by atoms with Crippen molar-refractivity contribution in [1.82, 2.24) is 10.1 Å². The van der Waals surface area contributed by atoms with Crippen LogP contribution in [0.15, 0.2) is 35.2 Å². The van der Waals surface area contributed by atoms with Gasteiger partial charge in [-0.1, -0.05) is 5.16 Å². The van der Waals surface area contributed by atoms with Crippen molar-refractivity contribution < 1.29 is 4.52 Å². The van der Waals surface area contributed by atoms with Gasteiger partial charge in [0.2, 0.25) is 0 Å². The number of aromatic nitrogens is 2. The Morgan fingerprint density at radius 1 is 1.47 bits per heavy atom. The fourth-order valence-corrected chi connectivity index (χ4v) is 1.15. The molecule has 0 atom stereocenters. The number of nitrogens with one attached hydrogen (secondary N) is 1. The molecular formula is C10H8N4O. The molecule has 2 heterocycles. The summed E-state index contributed by atoms with van der Waals surface area (Å²) in [6.07, 6.45) is 3.09. The summed E-state index contributed by atoms with van der Waals surface area (Å²) in [5, 5.41) is 15.6. The van der Waals surface area contributed by atoms with Gasteiger partial charge >= 0.3 is 0 Å². The molecule has 74 valence electrons. The average Bonchev–Trinajstić information content (AvgIpc) is 2.79. The number of nitrogens with zero attached hydrogens (tertiary/aromatic N) is 3. The Balaban J connectivity index is 2.08. The van der Waals surface area contributed by atoms with E-state index in [2.05, 4.69) is 20.0 Å². The molecule has 5 heteroatoms. The van der Waals surface area contributed by atoms with Gasteiger partial charge in [0.1, 0.15) is 18.0 Å². The predicted octanol–water partition coefficient (Wildman–Crippen LogP) is 1.55. The summed E-state index contributed by atoms with van der Waals surface area (Å²) in [5.74, 6) is 0. The van der Waals surface area contributed by atoms with Crippen molar-refractivity contribution >= 4 is 5.69 Å². The van der Waals surface area contributed by atoms with E-state index in [1.807, 2.05) is 6.07 Å². The molecule has 0 aliphatic rings. The summed E-state index contributed by atoms with van der Waals surface area (Å²) in [6, 6.07) is 7.33. The molecule has 0 bridgehead atoms. The average molecular weight is 200 g/mol. The molecule has 0 amide bonds.